The lowest BCUT2D eigenvalue weighted by Crippen LogP contribution is -1.99. The monoisotopic (exact) mass is 226 g/mol. The summed E-state index contributed by atoms with van der Waals surface area (Å²) in [5.41, 5.74) is 1.43. The molecule has 0 fully saturated rings. The molecule has 0 amide bonds. The van der Waals surface area contributed by atoms with Crippen LogP contribution in [0.1, 0.15) is 11.3 Å². The topological polar surface area (TPSA) is 63.1 Å². The van der Waals surface area contributed by atoms with Crippen LogP contribution in [0.5, 0.6) is 0 Å². The lowest BCUT2D eigenvalue weighted by Gasteiger charge is -2.02. The van der Waals surface area contributed by atoms with Gasteiger partial charge in [-0.25, -0.2) is 14.8 Å². The van der Waals surface area contributed by atoms with Gasteiger partial charge >= 0.3 is 5.97 Å². The van der Waals surface area contributed by atoms with Gasteiger partial charge in [0.25, 0.3) is 0 Å². The number of carboxylic acids is 1. The number of aliphatic carboxylic acids is 1. The van der Waals surface area contributed by atoms with Gasteiger partial charge in [0.1, 0.15) is 6.33 Å². The lowest BCUT2D eigenvalue weighted by molar-refractivity contribution is -0.130. The van der Waals surface area contributed by atoms with Gasteiger partial charge in [-0.3, -0.25) is 0 Å². The van der Waals surface area contributed by atoms with Gasteiger partial charge in [0.15, 0.2) is 0 Å². The smallest absolute Gasteiger partial charge is 0.336 e. The highest BCUT2D eigenvalue weighted by molar-refractivity contribution is 6.20. The standard InChI is InChI=1S/C13H10N2O2/c16-13(17)12(10-4-2-1-3-5-10)8-11-6-7-14-9-15-11/h1-9H,(H,16,17)/b12-8-. The van der Waals surface area contributed by atoms with Gasteiger partial charge in [-0.2, -0.15) is 0 Å². The number of carboxylic acid groups (broad SMARTS) is 1. The molecule has 0 saturated heterocycles. The Bertz CT molecular complexity index is 536. The fourth-order valence-corrected chi connectivity index (χ4v) is 1.42. The molecule has 0 atom stereocenters. The van der Waals surface area contributed by atoms with E-state index in [1.165, 1.54) is 12.4 Å². The molecule has 2 rings (SSSR count). The minimum Gasteiger partial charge on any atom is -0.478 e. The van der Waals surface area contributed by atoms with Crippen LogP contribution in [0.2, 0.25) is 0 Å². The quantitative estimate of drug-likeness (QED) is 0.814. The highest BCUT2D eigenvalue weighted by atomic mass is 16.4. The minimum absolute atomic E-state index is 0.212. The third-order valence-electron chi connectivity index (χ3n) is 2.21. The number of carbonyl (C=O) groups is 1. The fraction of sp³-hybridized carbons (Fsp3) is 0. The van der Waals surface area contributed by atoms with Gasteiger partial charge in [0.05, 0.1) is 11.3 Å². The molecule has 2 aromatic rings. The van der Waals surface area contributed by atoms with Crippen molar-refractivity contribution in [1.82, 2.24) is 9.97 Å². The second-order valence-corrected chi connectivity index (χ2v) is 3.36. The molecule has 1 heterocycles. The second-order valence-electron chi connectivity index (χ2n) is 3.36. The van der Waals surface area contributed by atoms with Crippen molar-refractivity contribution in [3.63, 3.8) is 0 Å². The number of aromatic nitrogens is 2. The summed E-state index contributed by atoms with van der Waals surface area (Å²) in [4.78, 5) is 19.0. The number of nitrogens with zero attached hydrogens (tertiary/aromatic N) is 2. The van der Waals surface area contributed by atoms with E-state index in [0.717, 1.165) is 0 Å². The van der Waals surface area contributed by atoms with Crippen LogP contribution in [-0.2, 0) is 4.79 Å². The molecule has 1 N–H and O–H groups in total. The first kappa shape index (κ1) is 11.0. The van der Waals surface area contributed by atoms with Crippen molar-refractivity contribution >= 4 is 17.6 Å². The summed E-state index contributed by atoms with van der Waals surface area (Å²) in [5, 5.41) is 9.18. The van der Waals surface area contributed by atoms with Gasteiger partial charge in [-0.1, -0.05) is 30.3 Å². The van der Waals surface area contributed by atoms with Crippen molar-refractivity contribution < 1.29 is 9.90 Å². The van der Waals surface area contributed by atoms with E-state index in [4.69, 9.17) is 0 Å². The molecule has 0 unspecified atom stereocenters. The van der Waals surface area contributed by atoms with E-state index in [9.17, 15) is 9.90 Å². The van der Waals surface area contributed by atoms with Crippen molar-refractivity contribution in [2.24, 2.45) is 0 Å². The van der Waals surface area contributed by atoms with E-state index in [2.05, 4.69) is 9.97 Å². The van der Waals surface area contributed by atoms with Gasteiger partial charge in [-0.15, -0.1) is 0 Å². The zero-order valence-corrected chi connectivity index (χ0v) is 8.95. The van der Waals surface area contributed by atoms with Crippen LogP contribution in [0.3, 0.4) is 0 Å². The Morgan fingerprint density at radius 1 is 1.18 bits per heavy atom. The van der Waals surface area contributed by atoms with Crippen LogP contribution >= 0.6 is 0 Å². The van der Waals surface area contributed by atoms with Crippen LogP contribution in [0.25, 0.3) is 11.6 Å². The summed E-state index contributed by atoms with van der Waals surface area (Å²) >= 11 is 0. The van der Waals surface area contributed by atoms with Crippen molar-refractivity contribution in [3.8, 4) is 0 Å². The second kappa shape index (κ2) is 5.03. The summed E-state index contributed by atoms with van der Waals surface area (Å²) in [7, 11) is 0. The Kier molecular flexibility index (Phi) is 3.25. The van der Waals surface area contributed by atoms with Crippen molar-refractivity contribution in [2.45, 2.75) is 0 Å². The average molecular weight is 226 g/mol. The maximum atomic E-state index is 11.2. The van der Waals surface area contributed by atoms with Gasteiger partial charge in [0, 0.05) is 6.20 Å². The van der Waals surface area contributed by atoms with E-state index in [-0.39, 0.29) is 5.57 Å². The molecule has 0 aliphatic heterocycles. The van der Waals surface area contributed by atoms with Crippen molar-refractivity contribution in [1.29, 1.82) is 0 Å². The Labute approximate surface area is 98.3 Å². The Morgan fingerprint density at radius 2 is 1.94 bits per heavy atom. The molecule has 84 valence electrons. The maximum absolute atomic E-state index is 11.2. The van der Waals surface area contributed by atoms with E-state index in [1.807, 2.05) is 6.07 Å². The van der Waals surface area contributed by atoms with E-state index < -0.39 is 5.97 Å². The zero-order valence-electron chi connectivity index (χ0n) is 8.95. The first-order valence-electron chi connectivity index (χ1n) is 5.04. The largest absolute Gasteiger partial charge is 0.478 e. The van der Waals surface area contributed by atoms with E-state index >= 15 is 0 Å². The summed E-state index contributed by atoms with van der Waals surface area (Å²) in [6, 6.07) is 10.6. The summed E-state index contributed by atoms with van der Waals surface area (Å²) in [6.07, 6.45) is 4.49. The highest BCUT2D eigenvalue weighted by Gasteiger charge is 2.09. The number of rotatable bonds is 3. The summed E-state index contributed by atoms with van der Waals surface area (Å²) in [6.45, 7) is 0. The number of hydrogen-bond acceptors (Lipinski definition) is 3. The lowest BCUT2D eigenvalue weighted by atomic mass is 10.1. The SMILES string of the molecule is O=C(O)/C(=C\c1ccncn1)c1ccccc1. The molecule has 0 aliphatic rings. The summed E-state index contributed by atoms with van der Waals surface area (Å²) in [5.74, 6) is -0.977. The number of benzene rings is 1. The van der Waals surface area contributed by atoms with Crippen molar-refractivity contribution in [2.75, 3.05) is 0 Å². The van der Waals surface area contributed by atoms with Crippen LogP contribution in [0, 0.1) is 0 Å². The first-order valence-corrected chi connectivity index (χ1v) is 5.04. The predicted molar refractivity (Wildman–Crippen MR) is 64.0 cm³/mol. The van der Waals surface area contributed by atoms with Gasteiger partial charge in [0.2, 0.25) is 0 Å². The molecule has 17 heavy (non-hydrogen) atoms. The fourth-order valence-electron chi connectivity index (χ4n) is 1.42. The minimum atomic E-state index is -0.977. The maximum Gasteiger partial charge on any atom is 0.336 e. The van der Waals surface area contributed by atoms with Crippen LogP contribution in [0.4, 0.5) is 0 Å². The van der Waals surface area contributed by atoms with Crippen LogP contribution in [0.15, 0.2) is 48.9 Å². The first-order chi connectivity index (χ1) is 8.27. The Balaban J connectivity index is 2.44. The Morgan fingerprint density at radius 3 is 2.53 bits per heavy atom. The molecule has 4 nitrogen and oxygen atoms in total. The normalized spacial score (nSPS) is 11.2. The number of hydrogen-bond donors (Lipinski definition) is 1. The van der Waals surface area contributed by atoms with E-state index in [0.29, 0.717) is 11.3 Å². The zero-order chi connectivity index (χ0) is 12.1. The third-order valence-corrected chi connectivity index (χ3v) is 2.21. The van der Waals surface area contributed by atoms with Crippen LogP contribution in [-0.4, -0.2) is 21.0 Å². The summed E-state index contributed by atoms with van der Waals surface area (Å²) < 4.78 is 0. The Hall–Kier alpha value is -2.49. The van der Waals surface area contributed by atoms with Crippen LogP contribution < -0.4 is 0 Å². The van der Waals surface area contributed by atoms with Gasteiger partial charge < -0.3 is 5.11 Å². The molecule has 0 saturated carbocycles. The molecule has 0 aliphatic carbocycles. The molecular weight excluding hydrogens is 216 g/mol. The molecule has 0 radical (unpaired) electrons. The highest BCUT2D eigenvalue weighted by Crippen LogP contribution is 2.17. The molecule has 4 heteroatoms. The molecule has 1 aromatic carbocycles. The molecule has 0 bridgehead atoms. The molecule has 1 aromatic heterocycles. The average Bonchev–Trinajstić information content (AvgIpc) is 2.38. The van der Waals surface area contributed by atoms with Crippen molar-refractivity contribution in [3.05, 3.63) is 60.2 Å². The van der Waals surface area contributed by atoms with E-state index in [1.54, 1.807) is 36.5 Å². The van der Waals surface area contributed by atoms with Gasteiger partial charge in [-0.05, 0) is 17.7 Å². The molecular formula is C13H10N2O2. The molecule has 0 spiro atoms. The predicted octanol–water partition coefficient (Wildman–Crippen LogP) is 2.10. The third kappa shape index (κ3) is 2.75.